The van der Waals surface area contributed by atoms with E-state index in [1.165, 1.54) is 34.8 Å². The van der Waals surface area contributed by atoms with E-state index in [-0.39, 0.29) is 30.2 Å². The van der Waals surface area contributed by atoms with Crippen LogP contribution >= 0.6 is 0 Å². The number of methoxy groups -OCH3 is 2. The van der Waals surface area contributed by atoms with E-state index in [9.17, 15) is 13.2 Å². The number of rotatable bonds is 11. The van der Waals surface area contributed by atoms with Gasteiger partial charge in [-0.1, -0.05) is 24.3 Å². The molecule has 37 heavy (non-hydrogen) atoms. The summed E-state index contributed by atoms with van der Waals surface area (Å²) >= 11 is 0. The van der Waals surface area contributed by atoms with Crippen molar-refractivity contribution >= 4 is 16.0 Å². The lowest BCUT2D eigenvalue weighted by Crippen LogP contribution is -2.30. The number of nitrogens with zero attached hydrogens (tertiary/aromatic N) is 1. The maximum absolute atomic E-state index is 13.6. The molecule has 0 aliphatic rings. The van der Waals surface area contributed by atoms with Crippen molar-refractivity contribution in [2.45, 2.75) is 24.6 Å². The van der Waals surface area contributed by atoms with Gasteiger partial charge in [-0.15, -0.1) is 0 Å². The number of ether oxygens (including phenoxy) is 3. The zero-order chi connectivity index (χ0) is 26.3. The van der Waals surface area contributed by atoms with Crippen LogP contribution in [0.3, 0.4) is 0 Å². The largest absolute Gasteiger partial charge is 0.497 e. The minimum Gasteiger partial charge on any atom is -0.497 e. The van der Waals surface area contributed by atoms with Gasteiger partial charge >= 0.3 is 5.97 Å². The fourth-order valence-electron chi connectivity index (χ4n) is 3.60. The molecule has 0 amide bonds. The predicted molar refractivity (Wildman–Crippen MR) is 137 cm³/mol. The van der Waals surface area contributed by atoms with Crippen LogP contribution in [-0.4, -0.2) is 32.9 Å². The molecule has 9 heteroatoms. The fourth-order valence-corrected chi connectivity index (χ4v) is 5.00. The van der Waals surface area contributed by atoms with Crippen LogP contribution in [0.2, 0.25) is 0 Å². The van der Waals surface area contributed by atoms with Crippen LogP contribution in [0.5, 0.6) is 11.5 Å². The van der Waals surface area contributed by atoms with E-state index in [0.717, 1.165) is 11.1 Å². The lowest BCUT2D eigenvalue weighted by atomic mass is 10.2. The second-order valence-electron chi connectivity index (χ2n) is 8.15. The topological polar surface area (TPSA) is 95.3 Å². The number of sulfonamides is 1. The Morgan fingerprint density at radius 2 is 1.38 bits per heavy atom. The van der Waals surface area contributed by atoms with Crippen molar-refractivity contribution in [3.8, 4) is 11.5 Å². The number of carbonyl (C=O) groups is 1. The van der Waals surface area contributed by atoms with Gasteiger partial charge in [-0.05, 0) is 71.8 Å². The second-order valence-corrected chi connectivity index (χ2v) is 10.1. The highest BCUT2D eigenvalue weighted by Gasteiger charge is 2.26. The minimum absolute atomic E-state index is 0.0486. The highest BCUT2D eigenvalue weighted by atomic mass is 32.2. The van der Waals surface area contributed by atoms with Crippen LogP contribution in [0.4, 0.5) is 0 Å². The summed E-state index contributed by atoms with van der Waals surface area (Å²) in [6.07, 6.45) is 1.50. The quantitative estimate of drug-likeness (QED) is 0.255. The summed E-state index contributed by atoms with van der Waals surface area (Å²) in [6, 6.07) is 23.5. The maximum Gasteiger partial charge on any atom is 0.338 e. The lowest BCUT2D eigenvalue weighted by molar-refractivity contribution is 0.0472. The Balaban J connectivity index is 1.48. The van der Waals surface area contributed by atoms with Gasteiger partial charge in [0.2, 0.25) is 10.0 Å². The van der Waals surface area contributed by atoms with Crippen molar-refractivity contribution in [2.75, 3.05) is 14.2 Å². The number of esters is 1. The van der Waals surface area contributed by atoms with Crippen molar-refractivity contribution in [2.24, 2.45) is 0 Å². The first-order valence-corrected chi connectivity index (χ1v) is 12.9. The zero-order valence-electron chi connectivity index (χ0n) is 20.5. The molecule has 1 aromatic heterocycles. The number of benzene rings is 3. The van der Waals surface area contributed by atoms with Crippen molar-refractivity contribution in [3.63, 3.8) is 0 Å². The fraction of sp³-hybridized carbons (Fsp3) is 0.179. The first-order chi connectivity index (χ1) is 17.9. The van der Waals surface area contributed by atoms with Gasteiger partial charge in [-0.3, -0.25) is 0 Å². The summed E-state index contributed by atoms with van der Waals surface area (Å²) in [7, 11) is -0.769. The smallest absolute Gasteiger partial charge is 0.338 e. The molecule has 3 aromatic carbocycles. The van der Waals surface area contributed by atoms with Gasteiger partial charge in [0.05, 0.1) is 37.5 Å². The first-order valence-electron chi connectivity index (χ1n) is 11.4. The Labute approximate surface area is 216 Å². The molecule has 8 nitrogen and oxygen atoms in total. The minimum atomic E-state index is -3.92. The Morgan fingerprint density at radius 1 is 0.784 bits per heavy atom. The lowest BCUT2D eigenvalue weighted by Gasteiger charge is -2.22. The molecule has 0 atom stereocenters. The van der Waals surface area contributed by atoms with E-state index < -0.39 is 16.0 Å². The van der Waals surface area contributed by atoms with Crippen LogP contribution in [0.15, 0.2) is 101 Å². The molecule has 0 fully saturated rings. The Hall–Kier alpha value is -4.08. The third-order valence-corrected chi connectivity index (χ3v) is 7.49. The van der Waals surface area contributed by atoms with Crippen molar-refractivity contribution in [1.82, 2.24) is 4.31 Å². The van der Waals surface area contributed by atoms with E-state index in [2.05, 4.69) is 0 Å². The van der Waals surface area contributed by atoms with Crippen LogP contribution in [0.25, 0.3) is 0 Å². The molecule has 0 unspecified atom stereocenters. The summed E-state index contributed by atoms with van der Waals surface area (Å²) < 4.78 is 49.5. The van der Waals surface area contributed by atoms with Crippen LogP contribution < -0.4 is 9.47 Å². The summed E-state index contributed by atoms with van der Waals surface area (Å²) in [5.74, 6) is 1.35. The SMILES string of the molecule is COc1ccc(COC(=O)c2ccc(S(=O)(=O)N(Cc3ccc(OC)cc3)Cc3ccco3)cc2)cc1. The molecule has 0 N–H and O–H groups in total. The van der Waals surface area contributed by atoms with Crippen molar-refractivity contribution in [3.05, 3.63) is 114 Å². The summed E-state index contributed by atoms with van der Waals surface area (Å²) in [6.45, 7) is 0.257. The van der Waals surface area contributed by atoms with Gasteiger partial charge in [-0.2, -0.15) is 4.31 Å². The third-order valence-electron chi connectivity index (χ3n) is 5.69. The van der Waals surface area contributed by atoms with Gasteiger partial charge in [0.1, 0.15) is 23.9 Å². The van der Waals surface area contributed by atoms with E-state index in [4.69, 9.17) is 18.6 Å². The maximum atomic E-state index is 13.6. The number of hydrogen-bond donors (Lipinski definition) is 0. The molecule has 0 spiro atoms. The van der Waals surface area contributed by atoms with E-state index >= 15 is 0 Å². The molecule has 0 aliphatic carbocycles. The van der Waals surface area contributed by atoms with Crippen molar-refractivity contribution < 1.29 is 31.8 Å². The van der Waals surface area contributed by atoms with Crippen LogP contribution in [-0.2, 0) is 34.5 Å². The first kappa shape index (κ1) is 26.0. The van der Waals surface area contributed by atoms with E-state index in [0.29, 0.717) is 17.3 Å². The van der Waals surface area contributed by atoms with Gasteiger partial charge in [0.15, 0.2) is 0 Å². The zero-order valence-corrected chi connectivity index (χ0v) is 21.3. The molecular weight excluding hydrogens is 494 g/mol. The van der Waals surface area contributed by atoms with Gasteiger partial charge in [-0.25, -0.2) is 13.2 Å². The van der Waals surface area contributed by atoms with Crippen LogP contribution in [0.1, 0.15) is 27.2 Å². The molecule has 0 saturated heterocycles. The Morgan fingerprint density at radius 3 is 1.92 bits per heavy atom. The second kappa shape index (κ2) is 11.8. The Kier molecular flexibility index (Phi) is 8.27. The average Bonchev–Trinajstić information content (AvgIpc) is 3.45. The van der Waals surface area contributed by atoms with E-state index in [1.807, 2.05) is 12.1 Å². The number of carbonyl (C=O) groups excluding carboxylic acids is 1. The molecule has 0 bridgehead atoms. The van der Waals surface area contributed by atoms with Gasteiger partial charge < -0.3 is 18.6 Å². The number of hydrogen-bond acceptors (Lipinski definition) is 7. The standard InChI is InChI=1S/C28H27NO7S/c1-33-24-11-5-21(6-12-24)18-29(19-26-4-3-17-35-26)37(31,32)27-15-9-23(10-16-27)28(30)36-20-22-7-13-25(34-2)14-8-22/h3-17H,18-20H2,1-2H3. The molecule has 192 valence electrons. The molecule has 4 rings (SSSR count). The monoisotopic (exact) mass is 521 g/mol. The highest BCUT2D eigenvalue weighted by molar-refractivity contribution is 7.89. The predicted octanol–water partition coefficient (Wildman–Crippen LogP) is 5.04. The Bertz CT molecular complexity index is 1400. The molecule has 4 aromatic rings. The molecule has 0 radical (unpaired) electrons. The van der Waals surface area contributed by atoms with Crippen LogP contribution in [0, 0.1) is 0 Å². The third kappa shape index (κ3) is 6.58. The summed E-state index contributed by atoms with van der Waals surface area (Å²) in [5.41, 5.74) is 1.84. The van der Waals surface area contributed by atoms with Crippen molar-refractivity contribution in [1.29, 1.82) is 0 Å². The van der Waals surface area contributed by atoms with Gasteiger partial charge in [0, 0.05) is 6.54 Å². The average molecular weight is 522 g/mol. The number of furan rings is 1. The molecule has 1 heterocycles. The molecule has 0 saturated carbocycles. The molecule has 0 aliphatic heterocycles. The summed E-state index contributed by atoms with van der Waals surface area (Å²) in [5, 5.41) is 0. The van der Waals surface area contributed by atoms with E-state index in [1.54, 1.807) is 62.8 Å². The van der Waals surface area contributed by atoms with Gasteiger partial charge in [0.25, 0.3) is 0 Å². The summed E-state index contributed by atoms with van der Waals surface area (Å²) in [4.78, 5) is 12.6. The molecular formula is C28H27NO7S. The highest BCUT2D eigenvalue weighted by Crippen LogP contribution is 2.23. The normalized spacial score (nSPS) is 11.3.